The molecule has 1 heterocycles. The van der Waals surface area contributed by atoms with E-state index in [4.69, 9.17) is 12.2 Å². The Kier molecular flexibility index (Phi) is 4.42. The van der Waals surface area contributed by atoms with Crippen LogP contribution in [0.3, 0.4) is 0 Å². The number of nitrogens with zero attached hydrogens (tertiary/aromatic N) is 2. The minimum Gasteiger partial charge on any atom is -0.345 e. The van der Waals surface area contributed by atoms with E-state index in [2.05, 4.69) is 54.0 Å². The van der Waals surface area contributed by atoms with E-state index < -0.39 is 0 Å². The van der Waals surface area contributed by atoms with Gasteiger partial charge >= 0.3 is 0 Å². The van der Waals surface area contributed by atoms with Crippen LogP contribution in [-0.2, 0) is 0 Å². The summed E-state index contributed by atoms with van der Waals surface area (Å²) in [5.74, 6) is 0.991. The molecular weight excluding hydrogens is 248 g/mol. The average Bonchev–Trinajstić information content (AvgIpc) is 2.39. The molecule has 2 nitrogen and oxygen atoms in total. The van der Waals surface area contributed by atoms with Gasteiger partial charge < -0.3 is 4.90 Å². The number of benzene rings is 1. The molecule has 2 rings (SSSR count). The van der Waals surface area contributed by atoms with Gasteiger partial charge in [-0.2, -0.15) is 0 Å². The van der Waals surface area contributed by atoms with Gasteiger partial charge in [0.25, 0.3) is 0 Å². The highest BCUT2D eigenvalue weighted by molar-refractivity contribution is 8.22. The summed E-state index contributed by atoms with van der Waals surface area (Å²) in [6, 6.07) is 11.1. The molecule has 0 aliphatic carbocycles. The standard InChI is InChI=1S/C13H18N2S2/c1-3-14-9-15(10-17-13(14)16)11(2)12-7-5-4-6-8-12/h4-8,11H,3,9-10H2,1-2H3. The van der Waals surface area contributed by atoms with Crippen LogP contribution in [-0.4, -0.2) is 33.2 Å². The molecule has 17 heavy (non-hydrogen) atoms. The molecule has 0 bridgehead atoms. The summed E-state index contributed by atoms with van der Waals surface area (Å²) >= 11 is 7.11. The SMILES string of the molecule is CCN1CN(C(C)c2ccccc2)CSC1=S. The third-order valence-corrected chi connectivity index (χ3v) is 4.75. The van der Waals surface area contributed by atoms with Gasteiger partial charge in [-0.15, -0.1) is 0 Å². The molecule has 1 atom stereocenters. The molecule has 0 radical (unpaired) electrons. The summed E-state index contributed by atoms with van der Waals surface area (Å²) in [5, 5.41) is 0. The Morgan fingerprint density at radius 3 is 2.71 bits per heavy atom. The zero-order valence-electron chi connectivity index (χ0n) is 10.3. The topological polar surface area (TPSA) is 6.48 Å². The van der Waals surface area contributed by atoms with Gasteiger partial charge in [0.15, 0.2) is 0 Å². The van der Waals surface area contributed by atoms with Crippen LogP contribution in [0.2, 0.25) is 0 Å². The number of thiocarbonyl (C=S) groups is 1. The number of hydrogen-bond donors (Lipinski definition) is 0. The van der Waals surface area contributed by atoms with E-state index in [9.17, 15) is 0 Å². The smallest absolute Gasteiger partial charge is 0.138 e. The Labute approximate surface area is 113 Å². The first kappa shape index (κ1) is 12.9. The quantitative estimate of drug-likeness (QED) is 0.774. The fourth-order valence-electron chi connectivity index (χ4n) is 1.95. The largest absolute Gasteiger partial charge is 0.345 e. The Balaban J connectivity index is 2.06. The third kappa shape index (κ3) is 3.00. The first-order valence-electron chi connectivity index (χ1n) is 5.93. The Bertz CT molecular complexity index is 380. The fraction of sp³-hybridized carbons (Fsp3) is 0.462. The summed E-state index contributed by atoms with van der Waals surface area (Å²) in [5.41, 5.74) is 1.37. The van der Waals surface area contributed by atoms with E-state index in [1.54, 1.807) is 11.8 Å². The average molecular weight is 266 g/mol. The number of thioether (sulfide) groups is 1. The predicted molar refractivity (Wildman–Crippen MR) is 79.0 cm³/mol. The van der Waals surface area contributed by atoms with E-state index in [-0.39, 0.29) is 0 Å². The van der Waals surface area contributed by atoms with Crippen LogP contribution in [0.1, 0.15) is 25.5 Å². The monoisotopic (exact) mass is 266 g/mol. The third-order valence-electron chi connectivity index (χ3n) is 3.18. The van der Waals surface area contributed by atoms with Crippen LogP contribution in [0.4, 0.5) is 0 Å². The van der Waals surface area contributed by atoms with E-state index >= 15 is 0 Å². The van der Waals surface area contributed by atoms with Crippen LogP contribution in [0.15, 0.2) is 30.3 Å². The molecule has 4 heteroatoms. The van der Waals surface area contributed by atoms with Crippen molar-refractivity contribution in [2.24, 2.45) is 0 Å². The first-order chi connectivity index (χ1) is 8.22. The lowest BCUT2D eigenvalue weighted by Gasteiger charge is -2.39. The van der Waals surface area contributed by atoms with Crippen molar-refractivity contribution in [2.45, 2.75) is 19.9 Å². The second kappa shape index (κ2) is 5.85. The van der Waals surface area contributed by atoms with E-state index in [1.807, 2.05) is 0 Å². The van der Waals surface area contributed by atoms with Crippen LogP contribution in [0.25, 0.3) is 0 Å². The Hall–Kier alpha value is -0.580. The van der Waals surface area contributed by atoms with E-state index in [0.717, 1.165) is 23.4 Å². The molecule has 1 saturated heterocycles. The first-order valence-corrected chi connectivity index (χ1v) is 7.32. The van der Waals surface area contributed by atoms with Crippen molar-refractivity contribution >= 4 is 28.3 Å². The lowest BCUT2D eigenvalue weighted by atomic mass is 10.1. The van der Waals surface area contributed by atoms with E-state index in [1.165, 1.54) is 5.56 Å². The zero-order valence-corrected chi connectivity index (χ0v) is 11.9. The highest BCUT2D eigenvalue weighted by atomic mass is 32.2. The van der Waals surface area contributed by atoms with Crippen molar-refractivity contribution in [1.29, 1.82) is 0 Å². The molecular formula is C13H18N2S2. The highest BCUT2D eigenvalue weighted by Gasteiger charge is 2.24. The van der Waals surface area contributed by atoms with Gasteiger partial charge in [0.2, 0.25) is 0 Å². The van der Waals surface area contributed by atoms with Gasteiger partial charge in [-0.05, 0) is 19.4 Å². The minimum atomic E-state index is 0.445. The van der Waals surface area contributed by atoms with Crippen LogP contribution < -0.4 is 0 Å². The lowest BCUT2D eigenvalue weighted by molar-refractivity contribution is 0.170. The normalized spacial score (nSPS) is 19.4. The van der Waals surface area contributed by atoms with Gasteiger partial charge in [0.1, 0.15) is 4.32 Å². The van der Waals surface area contributed by atoms with Crippen molar-refractivity contribution in [3.8, 4) is 0 Å². The van der Waals surface area contributed by atoms with E-state index in [0.29, 0.717) is 6.04 Å². The fourth-order valence-corrected chi connectivity index (χ4v) is 3.25. The van der Waals surface area contributed by atoms with Crippen LogP contribution in [0.5, 0.6) is 0 Å². The molecule has 1 aromatic rings. The van der Waals surface area contributed by atoms with Gasteiger partial charge in [-0.25, -0.2) is 0 Å². The highest BCUT2D eigenvalue weighted by Crippen LogP contribution is 2.27. The summed E-state index contributed by atoms with van der Waals surface area (Å²) in [7, 11) is 0. The number of hydrogen-bond acceptors (Lipinski definition) is 3. The maximum Gasteiger partial charge on any atom is 0.138 e. The molecule has 0 amide bonds. The number of rotatable bonds is 3. The maximum atomic E-state index is 5.34. The molecule has 1 unspecified atom stereocenters. The molecule has 0 aromatic heterocycles. The summed E-state index contributed by atoms with van der Waals surface area (Å²) < 4.78 is 1.03. The second-order valence-corrected chi connectivity index (χ2v) is 5.79. The zero-order chi connectivity index (χ0) is 12.3. The Morgan fingerprint density at radius 2 is 2.06 bits per heavy atom. The van der Waals surface area contributed by atoms with Crippen molar-refractivity contribution < 1.29 is 0 Å². The molecule has 1 fully saturated rings. The van der Waals surface area contributed by atoms with Crippen molar-refractivity contribution in [3.05, 3.63) is 35.9 Å². The van der Waals surface area contributed by atoms with Gasteiger partial charge in [0.05, 0.1) is 12.5 Å². The lowest BCUT2D eigenvalue weighted by Crippen LogP contribution is -2.45. The molecule has 1 aromatic carbocycles. The maximum absolute atomic E-state index is 5.34. The van der Waals surface area contributed by atoms with Crippen molar-refractivity contribution in [2.75, 3.05) is 19.1 Å². The van der Waals surface area contributed by atoms with Gasteiger partial charge in [-0.3, -0.25) is 4.90 Å². The molecule has 1 aliphatic heterocycles. The summed E-state index contributed by atoms with van der Waals surface area (Å²) in [6.45, 7) is 6.35. The second-order valence-electron chi connectivity index (χ2n) is 4.21. The minimum absolute atomic E-state index is 0.445. The summed E-state index contributed by atoms with van der Waals surface area (Å²) in [6.07, 6.45) is 0. The molecule has 1 aliphatic rings. The molecule has 92 valence electrons. The molecule has 0 spiro atoms. The molecule has 0 N–H and O–H groups in total. The summed E-state index contributed by atoms with van der Waals surface area (Å²) in [4.78, 5) is 4.71. The van der Waals surface area contributed by atoms with Crippen LogP contribution in [0, 0.1) is 0 Å². The molecule has 0 saturated carbocycles. The Morgan fingerprint density at radius 1 is 1.35 bits per heavy atom. The van der Waals surface area contributed by atoms with Gasteiger partial charge in [0, 0.05) is 12.6 Å². The van der Waals surface area contributed by atoms with Crippen molar-refractivity contribution in [3.63, 3.8) is 0 Å². The van der Waals surface area contributed by atoms with Gasteiger partial charge in [-0.1, -0.05) is 54.3 Å². The predicted octanol–water partition coefficient (Wildman–Crippen LogP) is 3.32. The van der Waals surface area contributed by atoms with Crippen molar-refractivity contribution in [1.82, 2.24) is 9.80 Å². The van der Waals surface area contributed by atoms with Crippen LogP contribution >= 0.6 is 24.0 Å².